The molecule has 3 rings (SSSR count). The standard InChI is InChI=1S/C18H20N2O3/c1-4-23-14-6-5-13-9-20(18(22)15(13)8-14)10-16-11(2)7-12(3)19-17(16)21/h5-8H,4,9-10H2,1-3H3,(H,19,21). The molecule has 1 N–H and O–H groups in total. The average molecular weight is 312 g/mol. The molecule has 2 aromatic rings. The normalized spacial score (nSPS) is 13.3. The molecule has 0 unspecified atom stereocenters. The van der Waals surface area contributed by atoms with E-state index in [0.717, 1.165) is 16.8 Å². The Balaban J connectivity index is 1.87. The summed E-state index contributed by atoms with van der Waals surface area (Å²) in [5.41, 5.74) is 3.89. The molecule has 1 aliphatic heterocycles. The van der Waals surface area contributed by atoms with E-state index < -0.39 is 0 Å². The second-order valence-electron chi connectivity index (χ2n) is 5.86. The van der Waals surface area contributed by atoms with Crippen LogP contribution in [0.15, 0.2) is 29.1 Å². The van der Waals surface area contributed by atoms with Crippen molar-refractivity contribution in [3.63, 3.8) is 0 Å². The Labute approximate surface area is 134 Å². The van der Waals surface area contributed by atoms with Crippen LogP contribution in [0.1, 0.15) is 39.7 Å². The molecule has 0 aliphatic carbocycles. The highest BCUT2D eigenvalue weighted by Gasteiger charge is 2.28. The van der Waals surface area contributed by atoms with E-state index in [1.54, 1.807) is 11.0 Å². The van der Waals surface area contributed by atoms with Crippen LogP contribution in [0.5, 0.6) is 5.75 Å². The van der Waals surface area contributed by atoms with Gasteiger partial charge in [-0.25, -0.2) is 0 Å². The van der Waals surface area contributed by atoms with Crippen LogP contribution in [0, 0.1) is 13.8 Å². The number of aryl methyl sites for hydroxylation is 2. The fraction of sp³-hybridized carbons (Fsp3) is 0.333. The molecule has 0 radical (unpaired) electrons. The summed E-state index contributed by atoms with van der Waals surface area (Å²) in [6.07, 6.45) is 0. The minimum absolute atomic E-state index is 0.0547. The predicted octanol–water partition coefficient (Wildman–Crippen LogP) is 2.55. The largest absolute Gasteiger partial charge is 0.494 e. The van der Waals surface area contributed by atoms with Gasteiger partial charge in [0.15, 0.2) is 0 Å². The van der Waals surface area contributed by atoms with Crippen LogP contribution in [0.2, 0.25) is 0 Å². The van der Waals surface area contributed by atoms with Gasteiger partial charge in [0, 0.05) is 23.4 Å². The number of benzene rings is 1. The molecule has 2 heterocycles. The Kier molecular flexibility index (Phi) is 3.94. The van der Waals surface area contributed by atoms with Crippen molar-refractivity contribution in [3.8, 4) is 5.75 Å². The topological polar surface area (TPSA) is 62.4 Å². The van der Waals surface area contributed by atoms with Crippen LogP contribution in [0.3, 0.4) is 0 Å². The van der Waals surface area contributed by atoms with Gasteiger partial charge in [0.05, 0.1) is 13.2 Å². The van der Waals surface area contributed by atoms with Crippen molar-refractivity contribution < 1.29 is 9.53 Å². The number of ether oxygens (including phenoxy) is 1. The minimum atomic E-state index is -0.124. The number of hydrogen-bond donors (Lipinski definition) is 1. The molecule has 120 valence electrons. The van der Waals surface area contributed by atoms with Crippen molar-refractivity contribution in [2.45, 2.75) is 33.9 Å². The summed E-state index contributed by atoms with van der Waals surface area (Å²) in [7, 11) is 0. The number of H-pyrrole nitrogens is 1. The zero-order valence-electron chi connectivity index (χ0n) is 13.6. The van der Waals surface area contributed by atoms with Gasteiger partial charge in [-0.15, -0.1) is 0 Å². The van der Waals surface area contributed by atoms with E-state index in [4.69, 9.17) is 4.74 Å². The van der Waals surface area contributed by atoms with E-state index in [-0.39, 0.29) is 11.5 Å². The van der Waals surface area contributed by atoms with Crippen molar-refractivity contribution in [1.29, 1.82) is 0 Å². The van der Waals surface area contributed by atoms with E-state index in [1.165, 1.54) is 0 Å². The second-order valence-corrected chi connectivity index (χ2v) is 5.86. The molecule has 23 heavy (non-hydrogen) atoms. The lowest BCUT2D eigenvalue weighted by Gasteiger charge is -2.16. The van der Waals surface area contributed by atoms with Crippen LogP contribution >= 0.6 is 0 Å². The van der Waals surface area contributed by atoms with Crippen LogP contribution < -0.4 is 10.3 Å². The Bertz CT molecular complexity index is 824. The molecule has 0 atom stereocenters. The summed E-state index contributed by atoms with van der Waals surface area (Å²) in [6, 6.07) is 7.51. The monoisotopic (exact) mass is 312 g/mol. The molecule has 0 saturated carbocycles. The molecule has 0 bridgehead atoms. The fourth-order valence-electron chi connectivity index (χ4n) is 2.99. The molecule has 0 fully saturated rings. The maximum absolute atomic E-state index is 12.6. The Morgan fingerprint density at radius 2 is 2.00 bits per heavy atom. The molecule has 0 saturated heterocycles. The van der Waals surface area contributed by atoms with Gasteiger partial charge in [-0.05, 0) is 50.1 Å². The highest BCUT2D eigenvalue weighted by atomic mass is 16.5. The molecule has 0 spiro atoms. The van der Waals surface area contributed by atoms with Crippen LogP contribution in [-0.4, -0.2) is 22.4 Å². The predicted molar refractivity (Wildman–Crippen MR) is 87.7 cm³/mol. The van der Waals surface area contributed by atoms with Gasteiger partial charge in [0.25, 0.3) is 11.5 Å². The SMILES string of the molecule is CCOc1ccc2c(c1)C(=O)N(Cc1c(C)cc(C)[nH]c1=O)C2. The fourth-order valence-corrected chi connectivity index (χ4v) is 2.99. The summed E-state index contributed by atoms with van der Waals surface area (Å²) in [5.74, 6) is 0.645. The highest BCUT2D eigenvalue weighted by molar-refractivity contribution is 5.98. The number of amides is 1. The molecular weight excluding hydrogens is 292 g/mol. The van der Waals surface area contributed by atoms with Crippen molar-refractivity contribution in [3.05, 3.63) is 62.6 Å². The lowest BCUT2D eigenvalue weighted by atomic mass is 10.1. The van der Waals surface area contributed by atoms with Gasteiger partial charge in [0.2, 0.25) is 0 Å². The third kappa shape index (κ3) is 2.86. The summed E-state index contributed by atoms with van der Waals surface area (Å²) in [5, 5.41) is 0. The number of pyridine rings is 1. The van der Waals surface area contributed by atoms with E-state index >= 15 is 0 Å². The number of carbonyl (C=O) groups is 1. The first-order valence-electron chi connectivity index (χ1n) is 7.74. The molecule has 1 aromatic heterocycles. The number of nitrogens with one attached hydrogen (secondary N) is 1. The smallest absolute Gasteiger partial charge is 0.254 e. The van der Waals surface area contributed by atoms with Crippen molar-refractivity contribution >= 4 is 5.91 Å². The van der Waals surface area contributed by atoms with Crippen LogP contribution in [0.4, 0.5) is 0 Å². The lowest BCUT2D eigenvalue weighted by Crippen LogP contribution is -2.28. The Hall–Kier alpha value is -2.56. The number of rotatable bonds is 4. The van der Waals surface area contributed by atoms with Crippen molar-refractivity contribution in [2.24, 2.45) is 0 Å². The number of nitrogens with zero attached hydrogens (tertiary/aromatic N) is 1. The van der Waals surface area contributed by atoms with Gasteiger partial charge in [-0.3, -0.25) is 9.59 Å². The zero-order valence-corrected chi connectivity index (χ0v) is 13.6. The van der Waals surface area contributed by atoms with Crippen LogP contribution in [0.25, 0.3) is 0 Å². The number of fused-ring (bicyclic) bond motifs is 1. The summed E-state index contributed by atoms with van der Waals surface area (Å²) in [4.78, 5) is 29.3. The molecule has 1 amide bonds. The Morgan fingerprint density at radius 3 is 2.70 bits per heavy atom. The zero-order chi connectivity index (χ0) is 16.6. The third-order valence-corrected chi connectivity index (χ3v) is 4.11. The third-order valence-electron chi connectivity index (χ3n) is 4.11. The summed E-state index contributed by atoms with van der Waals surface area (Å²) >= 11 is 0. The van der Waals surface area contributed by atoms with E-state index in [9.17, 15) is 9.59 Å². The van der Waals surface area contributed by atoms with Gasteiger partial charge in [-0.2, -0.15) is 0 Å². The maximum Gasteiger partial charge on any atom is 0.254 e. The average Bonchev–Trinajstić information content (AvgIpc) is 2.80. The van der Waals surface area contributed by atoms with Gasteiger partial charge in [-0.1, -0.05) is 6.07 Å². The maximum atomic E-state index is 12.6. The van der Waals surface area contributed by atoms with Crippen molar-refractivity contribution in [2.75, 3.05) is 6.61 Å². The van der Waals surface area contributed by atoms with Crippen molar-refractivity contribution in [1.82, 2.24) is 9.88 Å². The van der Waals surface area contributed by atoms with Gasteiger partial charge >= 0.3 is 0 Å². The first-order chi connectivity index (χ1) is 11.0. The Morgan fingerprint density at radius 1 is 1.22 bits per heavy atom. The summed E-state index contributed by atoms with van der Waals surface area (Å²) in [6.45, 7) is 7.07. The second kappa shape index (κ2) is 5.91. The highest BCUT2D eigenvalue weighted by Crippen LogP contribution is 2.28. The molecular formula is C18H20N2O3. The number of aromatic nitrogens is 1. The minimum Gasteiger partial charge on any atom is -0.494 e. The molecule has 1 aromatic carbocycles. The van der Waals surface area contributed by atoms with E-state index in [1.807, 2.05) is 39.0 Å². The van der Waals surface area contributed by atoms with Crippen LogP contribution in [-0.2, 0) is 13.1 Å². The van der Waals surface area contributed by atoms with E-state index in [0.29, 0.717) is 36.6 Å². The molecule has 5 nitrogen and oxygen atoms in total. The number of aromatic amines is 1. The molecule has 5 heteroatoms. The number of carbonyl (C=O) groups excluding carboxylic acids is 1. The first-order valence-corrected chi connectivity index (χ1v) is 7.74. The quantitative estimate of drug-likeness (QED) is 0.943. The molecule has 1 aliphatic rings. The first kappa shape index (κ1) is 15.3. The van der Waals surface area contributed by atoms with E-state index in [2.05, 4.69) is 4.98 Å². The van der Waals surface area contributed by atoms with Gasteiger partial charge in [0.1, 0.15) is 5.75 Å². The summed E-state index contributed by atoms with van der Waals surface area (Å²) < 4.78 is 5.46. The van der Waals surface area contributed by atoms with Gasteiger partial charge < -0.3 is 14.6 Å². The number of hydrogen-bond acceptors (Lipinski definition) is 3. The lowest BCUT2D eigenvalue weighted by molar-refractivity contribution is 0.0765.